The van der Waals surface area contributed by atoms with Gasteiger partial charge >= 0.3 is 0 Å². The Morgan fingerprint density at radius 3 is 2.85 bits per heavy atom. The monoisotopic (exact) mass is 263 g/mol. The Morgan fingerprint density at radius 2 is 2.20 bits per heavy atom. The average Bonchev–Trinajstić information content (AvgIpc) is 2.48. The van der Waals surface area contributed by atoms with Gasteiger partial charge in [-0.3, -0.25) is 9.69 Å². The van der Waals surface area contributed by atoms with Crippen LogP contribution in [0.4, 0.5) is 11.5 Å². The van der Waals surface area contributed by atoms with Gasteiger partial charge in [0.15, 0.2) is 0 Å². The molecule has 0 spiro atoms. The lowest BCUT2D eigenvalue weighted by Gasteiger charge is -2.22. The molecule has 4 heteroatoms. The fraction of sp³-hybridized carbons (Fsp3) is 0.0625. The Labute approximate surface area is 117 Å². The van der Waals surface area contributed by atoms with E-state index in [0.717, 1.165) is 5.56 Å². The normalized spacial score (nSPS) is 9.60. The van der Waals surface area contributed by atoms with Crippen molar-refractivity contribution in [1.29, 1.82) is 5.26 Å². The summed E-state index contributed by atoms with van der Waals surface area (Å²) >= 11 is 0. The van der Waals surface area contributed by atoms with Crippen LogP contribution in [-0.2, 0) is 4.79 Å². The van der Waals surface area contributed by atoms with Crippen LogP contribution in [0.3, 0.4) is 0 Å². The fourth-order valence-corrected chi connectivity index (χ4v) is 1.92. The Kier molecular flexibility index (Phi) is 3.92. The van der Waals surface area contributed by atoms with E-state index < -0.39 is 0 Å². The molecule has 0 N–H and O–H groups in total. The summed E-state index contributed by atoms with van der Waals surface area (Å²) in [4.78, 5) is 17.7. The molecule has 4 nitrogen and oxygen atoms in total. The minimum Gasteiger partial charge on any atom is -0.274 e. The molecule has 0 unspecified atom stereocenters. The molecule has 0 aliphatic heterocycles. The molecule has 0 radical (unpaired) electrons. The minimum absolute atomic E-state index is 0.179. The number of pyridine rings is 1. The third-order valence-electron chi connectivity index (χ3n) is 2.80. The molecule has 98 valence electrons. The van der Waals surface area contributed by atoms with E-state index in [9.17, 15) is 4.79 Å². The summed E-state index contributed by atoms with van der Waals surface area (Å²) in [6.07, 6.45) is 3.26. The number of hydrogen-bond donors (Lipinski definition) is 0. The highest BCUT2D eigenvalue weighted by Crippen LogP contribution is 2.27. The van der Waals surface area contributed by atoms with Crippen molar-refractivity contribution in [3.05, 3.63) is 60.3 Å². The van der Waals surface area contributed by atoms with Gasteiger partial charge in [-0.25, -0.2) is 4.98 Å². The van der Waals surface area contributed by atoms with Crippen LogP contribution in [0.1, 0.15) is 18.1 Å². The van der Waals surface area contributed by atoms with E-state index in [1.807, 2.05) is 6.07 Å². The van der Waals surface area contributed by atoms with Gasteiger partial charge in [-0.2, -0.15) is 5.26 Å². The van der Waals surface area contributed by atoms with E-state index in [1.54, 1.807) is 42.6 Å². The van der Waals surface area contributed by atoms with Gasteiger partial charge in [0.2, 0.25) is 5.91 Å². The summed E-state index contributed by atoms with van der Waals surface area (Å²) < 4.78 is 0. The third-order valence-corrected chi connectivity index (χ3v) is 2.80. The highest BCUT2D eigenvalue weighted by molar-refractivity contribution is 5.99. The topological polar surface area (TPSA) is 57.0 Å². The summed E-state index contributed by atoms with van der Waals surface area (Å²) in [6, 6.07) is 12.5. The Bertz CT molecular complexity index is 701. The van der Waals surface area contributed by atoms with Crippen LogP contribution in [0.2, 0.25) is 0 Å². The minimum atomic E-state index is -0.179. The highest BCUT2D eigenvalue weighted by Gasteiger charge is 2.18. The van der Waals surface area contributed by atoms with Gasteiger partial charge < -0.3 is 0 Å². The molecule has 1 heterocycles. The first kappa shape index (κ1) is 13.5. The van der Waals surface area contributed by atoms with Crippen LogP contribution < -0.4 is 4.90 Å². The maximum atomic E-state index is 12.0. The molecule has 2 aromatic rings. The molecule has 0 aliphatic rings. The van der Waals surface area contributed by atoms with Crippen LogP contribution in [0.15, 0.2) is 49.2 Å². The van der Waals surface area contributed by atoms with E-state index in [-0.39, 0.29) is 5.91 Å². The van der Waals surface area contributed by atoms with E-state index in [2.05, 4.69) is 17.6 Å². The van der Waals surface area contributed by atoms with Gasteiger partial charge in [0.05, 0.1) is 17.3 Å². The molecule has 0 aliphatic carbocycles. The largest absolute Gasteiger partial charge is 0.274 e. The van der Waals surface area contributed by atoms with Crippen LogP contribution in [0, 0.1) is 11.3 Å². The number of nitriles is 1. The van der Waals surface area contributed by atoms with Crippen molar-refractivity contribution in [2.24, 2.45) is 0 Å². The standard InChI is InChI=1S/C16H13N3O/c1-3-14-7-5-9-18-16(14)19(12(2)20)15-8-4-6-13(10-15)11-17/h3-10H,1H2,2H3. The van der Waals surface area contributed by atoms with Crippen LogP contribution >= 0.6 is 0 Å². The smallest absolute Gasteiger partial charge is 0.229 e. The lowest BCUT2D eigenvalue weighted by atomic mass is 10.1. The maximum absolute atomic E-state index is 12.0. The fourth-order valence-electron chi connectivity index (χ4n) is 1.92. The molecule has 0 bridgehead atoms. The number of aromatic nitrogens is 1. The summed E-state index contributed by atoms with van der Waals surface area (Å²) in [5.41, 5.74) is 1.85. The second kappa shape index (κ2) is 5.81. The summed E-state index contributed by atoms with van der Waals surface area (Å²) in [5.74, 6) is 0.326. The maximum Gasteiger partial charge on any atom is 0.229 e. The van der Waals surface area contributed by atoms with Crippen molar-refractivity contribution in [2.75, 3.05) is 4.90 Å². The molecule has 2 rings (SSSR count). The molecule has 0 fully saturated rings. The predicted octanol–water partition coefficient (Wildman–Crippen LogP) is 3.28. The number of benzene rings is 1. The predicted molar refractivity (Wildman–Crippen MR) is 78.3 cm³/mol. The Morgan fingerprint density at radius 1 is 1.40 bits per heavy atom. The van der Waals surface area contributed by atoms with Crippen molar-refractivity contribution in [1.82, 2.24) is 4.98 Å². The second-order valence-electron chi connectivity index (χ2n) is 4.14. The molecule has 1 aromatic carbocycles. The zero-order valence-electron chi connectivity index (χ0n) is 11.1. The summed E-state index contributed by atoms with van der Waals surface area (Å²) in [5, 5.41) is 8.97. The van der Waals surface area contributed by atoms with Crippen molar-refractivity contribution in [2.45, 2.75) is 6.92 Å². The molecular weight excluding hydrogens is 250 g/mol. The van der Waals surface area contributed by atoms with Gasteiger partial charge in [0, 0.05) is 18.7 Å². The number of carbonyl (C=O) groups excluding carboxylic acids is 1. The van der Waals surface area contributed by atoms with Gasteiger partial charge in [0.1, 0.15) is 5.82 Å². The number of nitrogens with zero attached hydrogens (tertiary/aromatic N) is 3. The number of hydrogen-bond acceptors (Lipinski definition) is 3. The Hall–Kier alpha value is -2.93. The van der Waals surface area contributed by atoms with Gasteiger partial charge in [0.25, 0.3) is 0 Å². The van der Waals surface area contributed by atoms with Gasteiger partial charge in [-0.05, 0) is 30.3 Å². The van der Waals surface area contributed by atoms with Crippen LogP contribution in [0.5, 0.6) is 0 Å². The zero-order chi connectivity index (χ0) is 14.5. The first-order valence-electron chi connectivity index (χ1n) is 6.05. The molecule has 0 saturated carbocycles. The number of rotatable bonds is 3. The third kappa shape index (κ3) is 2.57. The van der Waals surface area contributed by atoms with E-state index in [1.165, 1.54) is 11.8 Å². The SMILES string of the molecule is C=Cc1cccnc1N(C(C)=O)c1cccc(C#N)c1. The van der Waals surface area contributed by atoms with Crippen molar-refractivity contribution >= 4 is 23.5 Å². The quantitative estimate of drug-likeness (QED) is 0.853. The number of amides is 1. The molecule has 0 saturated heterocycles. The molecular formula is C16H13N3O. The van der Waals surface area contributed by atoms with E-state index in [4.69, 9.17) is 5.26 Å². The van der Waals surface area contributed by atoms with Gasteiger partial charge in [-0.1, -0.05) is 18.7 Å². The van der Waals surface area contributed by atoms with E-state index in [0.29, 0.717) is 17.1 Å². The first-order chi connectivity index (χ1) is 9.67. The molecule has 0 atom stereocenters. The molecule has 1 aromatic heterocycles. The molecule has 1 amide bonds. The van der Waals surface area contributed by atoms with Crippen LogP contribution in [-0.4, -0.2) is 10.9 Å². The molecule has 20 heavy (non-hydrogen) atoms. The van der Waals surface area contributed by atoms with Crippen molar-refractivity contribution in [3.8, 4) is 6.07 Å². The highest BCUT2D eigenvalue weighted by atomic mass is 16.2. The first-order valence-corrected chi connectivity index (χ1v) is 6.05. The van der Waals surface area contributed by atoms with E-state index >= 15 is 0 Å². The zero-order valence-corrected chi connectivity index (χ0v) is 11.1. The average molecular weight is 263 g/mol. The lowest BCUT2D eigenvalue weighted by molar-refractivity contribution is -0.115. The lowest BCUT2D eigenvalue weighted by Crippen LogP contribution is -2.24. The second-order valence-corrected chi connectivity index (χ2v) is 4.14. The Balaban J connectivity index is 2.60. The summed E-state index contributed by atoms with van der Waals surface area (Å²) in [6.45, 7) is 5.19. The number of carbonyl (C=O) groups is 1. The van der Waals surface area contributed by atoms with Crippen molar-refractivity contribution < 1.29 is 4.79 Å². The summed E-state index contributed by atoms with van der Waals surface area (Å²) in [7, 11) is 0. The number of anilines is 2. The van der Waals surface area contributed by atoms with Gasteiger partial charge in [-0.15, -0.1) is 0 Å². The van der Waals surface area contributed by atoms with Crippen molar-refractivity contribution in [3.63, 3.8) is 0 Å². The van der Waals surface area contributed by atoms with Crippen LogP contribution in [0.25, 0.3) is 6.08 Å².